The maximum atomic E-state index is 10.5. The Morgan fingerprint density at radius 2 is 2.06 bits per heavy atom. The normalized spacial score (nSPS) is 12.5. The van der Waals surface area contributed by atoms with Crippen molar-refractivity contribution in [2.75, 3.05) is 0 Å². The quantitative estimate of drug-likeness (QED) is 0.852. The highest BCUT2D eigenvalue weighted by molar-refractivity contribution is 6.31. The molecule has 0 aromatic heterocycles. The average molecular weight is 242 g/mol. The van der Waals surface area contributed by atoms with Crippen LogP contribution in [0, 0.1) is 13.8 Å². The molecule has 16 heavy (non-hydrogen) atoms. The highest BCUT2D eigenvalue weighted by Gasteiger charge is 2.12. The summed E-state index contributed by atoms with van der Waals surface area (Å²) in [6.07, 6.45) is 0.502. The van der Waals surface area contributed by atoms with Gasteiger partial charge < -0.3 is 10.8 Å². The largest absolute Gasteiger partial charge is 0.481 e. The molecule has 4 heteroatoms. The van der Waals surface area contributed by atoms with E-state index in [4.69, 9.17) is 22.4 Å². The van der Waals surface area contributed by atoms with E-state index in [0.717, 1.165) is 16.7 Å². The minimum Gasteiger partial charge on any atom is -0.481 e. The van der Waals surface area contributed by atoms with Crippen molar-refractivity contribution in [1.29, 1.82) is 0 Å². The van der Waals surface area contributed by atoms with Gasteiger partial charge in [0.2, 0.25) is 0 Å². The summed E-state index contributed by atoms with van der Waals surface area (Å²) >= 11 is 6.02. The van der Waals surface area contributed by atoms with Gasteiger partial charge >= 0.3 is 5.97 Å². The highest BCUT2D eigenvalue weighted by atomic mass is 35.5. The second-order valence-corrected chi connectivity index (χ2v) is 4.40. The maximum absolute atomic E-state index is 10.5. The van der Waals surface area contributed by atoms with Crippen LogP contribution in [0.3, 0.4) is 0 Å². The number of carboxylic acid groups (broad SMARTS) is 1. The van der Waals surface area contributed by atoms with Crippen LogP contribution in [0.25, 0.3) is 0 Å². The lowest BCUT2D eigenvalue weighted by Crippen LogP contribution is -2.13. The van der Waals surface area contributed by atoms with E-state index in [1.807, 2.05) is 26.0 Å². The van der Waals surface area contributed by atoms with Crippen LogP contribution in [-0.4, -0.2) is 11.1 Å². The van der Waals surface area contributed by atoms with Gasteiger partial charge in [0.1, 0.15) is 0 Å². The molecule has 1 rings (SSSR count). The number of aliphatic carboxylic acids is 1. The van der Waals surface area contributed by atoms with Crippen molar-refractivity contribution in [3.8, 4) is 0 Å². The second kappa shape index (κ2) is 5.32. The summed E-state index contributed by atoms with van der Waals surface area (Å²) in [7, 11) is 0. The fourth-order valence-electron chi connectivity index (χ4n) is 1.68. The molecule has 0 radical (unpaired) electrons. The smallest absolute Gasteiger partial charge is 0.303 e. The molecule has 3 nitrogen and oxygen atoms in total. The number of carboxylic acids is 1. The number of hydrogen-bond donors (Lipinski definition) is 2. The van der Waals surface area contributed by atoms with Crippen molar-refractivity contribution < 1.29 is 9.90 Å². The van der Waals surface area contributed by atoms with E-state index in [1.54, 1.807) is 0 Å². The van der Waals surface area contributed by atoms with Gasteiger partial charge in [0, 0.05) is 17.5 Å². The Labute approximate surface area is 100 Å². The summed E-state index contributed by atoms with van der Waals surface area (Å²) in [5, 5.41) is 9.27. The van der Waals surface area contributed by atoms with E-state index in [1.165, 1.54) is 0 Å². The van der Waals surface area contributed by atoms with E-state index in [-0.39, 0.29) is 12.5 Å². The number of rotatable bonds is 4. The van der Waals surface area contributed by atoms with Crippen molar-refractivity contribution in [2.24, 2.45) is 5.73 Å². The average Bonchev–Trinajstić information content (AvgIpc) is 2.20. The standard InChI is InChI=1S/C12H16ClNO2/c1-7-5-8(2)10(13)6-9(7)11(14)3-4-12(15)16/h5-6,11H,3-4,14H2,1-2H3,(H,15,16). The van der Waals surface area contributed by atoms with Crippen LogP contribution < -0.4 is 5.73 Å². The second-order valence-electron chi connectivity index (χ2n) is 4.00. The first-order valence-corrected chi connectivity index (χ1v) is 5.53. The first kappa shape index (κ1) is 13.0. The van der Waals surface area contributed by atoms with Gasteiger partial charge in [-0.05, 0) is 43.0 Å². The number of benzene rings is 1. The lowest BCUT2D eigenvalue weighted by molar-refractivity contribution is -0.137. The molecule has 88 valence electrons. The van der Waals surface area contributed by atoms with Gasteiger partial charge in [-0.15, -0.1) is 0 Å². The van der Waals surface area contributed by atoms with Crippen molar-refractivity contribution in [3.05, 3.63) is 33.8 Å². The molecule has 0 aliphatic carbocycles. The summed E-state index contributed by atoms with van der Waals surface area (Å²) in [6, 6.07) is 3.53. The third kappa shape index (κ3) is 3.22. The van der Waals surface area contributed by atoms with Crippen LogP contribution in [0.5, 0.6) is 0 Å². The third-order valence-corrected chi connectivity index (χ3v) is 3.02. The van der Waals surface area contributed by atoms with Crippen molar-refractivity contribution in [2.45, 2.75) is 32.7 Å². The molecule has 0 bridgehead atoms. The van der Waals surface area contributed by atoms with Crippen molar-refractivity contribution in [1.82, 2.24) is 0 Å². The van der Waals surface area contributed by atoms with E-state index in [0.29, 0.717) is 11.4 Å². The van der Waals surface area contributed by atoms with Gasteiger partial charge in [-0.2, -0.15) is 0 Å². The molecular formula is C12H16ClNO2. The fraction of sp³-hybridized carbons (Fsp3) is 0.417. The molecular weight excluding hydrogens is 226 g/mol. The Morgan fingerprint density at radius 3 is 2.62 bits per heavy atom. The molecule has 1 atom stereocenters. The van der Waals surface area contributed by atoms with Gasteiger partial charge in [0.25, 0.3) is 0 Å². The number of aryl methyl sites for hydroxylation is 2. The Morgan fingerprint density at radius 1 is 1.44 bits per heavy atom. The fourth-order valence-corrected chi connectivity index (χ4v) is 1.85. The predicted octanol–water partition coefficient (Wildman–Crippen LogP) is 2.82. The zero-order chi connectivity index (χ0) is 12.3. The highest BCUT2D eigenvalue weighted by Crippen LogP contribution is 2.26. The minimum atomic E-state index is -0.827. The van der Waals surface area contributed by atoms with Crippen LogP contribution in [0.4, 0.5) is 0 Å². The number of carbonyl (C=O) groups is 1. The van der Waals surface area contributed by atoms with Crippen LogP contribution >= 0.6 is 11.6 Å². The molecule has 0 saturated carbocycles. The molecule has 1 aromatic rings. The minimum absolute atomic E-state index is 0.0755. The summed E-state index contributed by atoms with van der Waals surface area (Å²) in [5.41, 5.74) is 8.93. The molecule has 0 fully saturated rings. The zero-order valence-corrected chi connectivity index (χ0v) is 10.2. The lowest BCUT2D eigenvalue weighted by Gasteiger charge is -2.15. The molecule has 3 N–H and O–H groups in total. The topological polar surface area (TPSA) is 63.3 Å². The van der Waals surface area contributed by atoms with E-state index >= 15 is 0 Å². The summed E-state index contributed by atoms with van der Waals surface area (Å²) in [6.45, 7) is 3.89. The summed E-state index contributed by atoms with van der Waals surface area (Å²) < 4.78 is 0. The number of hydrogen-bond acceptors (Lipinski definition) is 2. The van der Waals surface area contributed by atoms with E-state index < -0.39 is 5.97 Å². The monoisotopic (exact) mass is 241 g/mol. The van der Waals surface area contributed by atoms with Crippen molar-refractivity contribution >= 4 is 17.6 Å². The predicted molar refractivity (Wildman–Crippen MR) is 64.7 cm³/mol. The Balaban J connectivity index is 2.86. The molecule has 0 saturated heterocycles. The molecule has 0 aliphatic rings. The van der Waals surface area contributed by atoms with Crippen molar-refractivity contribution in [3.63, 3.8) is 0 Å². The van der Waals surface area contributed by atoms with E-state index in [9.17, 15) is 4.79 Å². The van der Waals surface area contributed by atoms with Gasteiger partial charge in [-0.25, -0.2) is 0 Å². The van der Waals surface area contributed by atoms with Gasteiger partial charge in [0.15, 0.2) is 0 Å². The first-order chi connectivity index (χ1) is 7.41. The molecule has 0 heterocycles. The Hall–Kier alpha value is -1.06. The number of halogens is 1. The zero-order valence-electron chi connectivity index (χ0n) is 9.46. The molecule has 0 amide bonds. The number of nitrogens with two attached hydrogens (primary N) is 1. The molecule has 0 spiro atoms. The molecule has 1 aromatic carbocycles. The van der Waals surface area contributed by atoms with Crippen LogP contribution in [-0.2, 0) is 4.79 Å². The molecule has 0 aliphatic heterocycles. The Kier molecular flexibility index (Phi) is 4.33. The van der Waals surface area contributed by atoms with Gasteiger partial charge in [0.05, 0.1) is 0 Å². The van der Waals surface area contributed by atoms with Crippen LogP contribution in [0.1, 0.15) is 35.6 Å². The van der Waals surface area contributed by atoms with Crippen LogP contribution in [0.2, 0.25) is 5.02 Å². The van der Waals surface area contributed by atoms with Gasteiger partial charge in [-0.3, -0.25) is 4.79 Å². The maximum Gasteiger partial charge on any atom is 0.303 e. The lowest BCUT2D eigenvalue weighted by atomic mass is 9.97. The SMILES string of the molecule is Cc1cc(C)c(C(N)CCC(=O)O)cc1Cl. The summed E-state index contributed by atoms with van der Waals surface area (Å²) in [5.74, 6) is -0.827. The third-order valence-electron chi connectivity index (χ3n) is 2.62. The van der Waals surface area contributed by atoms with E-state index in [2.05, 4.69) is 0 Å². The Bertz CT molecular complexity index is 404. The van der Waals surface area contributed by atoms with Gasteiger partial charge in [-0.1, -0.05) is 17.7 Å². The first-order valence-electron chi connectivity index (χ1n) is 5.16. The van der Waals surface area contributed by atoms with Crippen LogP contribution in [0.15, 0.2) is 12.1 Å². The summed E-state index contributed by atoms with van der Waals surface area (Å²) in [4.78, 5) is 10.5. The molecule has 1 unspecified atom stereocenters.